The van der Waals surface area contributed by atoms with Gasteiger partial charge in [0.15, 0.2) is 0 Å². The van der Waals surface area contributed by atoms with Gasteiger partial charge in [0.1, 0.15) is 5.82 Å². The lowest BCUT2D eigenvalue weighted by Crippen LogP contribution is -2.44. The van der Waals surface area contributed by atoms with Gasteiger partial charge in [-0.3, -0.25) is 4.90 Å². The second kappa shape index (κ2) is 6.01. The molecular formula is C16H21FN2OS. The summed E-state index contributed by atoms with van der Waals surface area (Å²) in [5.74, 6) is -0.146. The molecule has 1 aliphatic heterocycles. The molecule has 3 rings (SSSR count). The van der Waals surface area contributed by atoms with E-state index in [9.17, 15) is 4.39 Å². The monoisotopic (exact) mass is 308 g/mol. The van der Waals surface area contributed by atoms with Crippen LogP contribution >= 0.6 is 11.3 Å². The topological polar surface area (TPSA) is 38.5 Å². The Morgan fingerprint density at radius 1 is 1.33 bits per heavy atom. The molecule has 5 heteroatoms. The lowest BCUT2D eigenvalue weighted by Gasteiger charge is -2.35. The van der Waals surface area contributed by atoms with Gasteiger partial charge in [-0.2, -0.15) is 0 Å². The predicted molar refractivity (Wildman–Crippen MR) is 85.0 cm³/mol. The molecule has 0 spiro atoms. The van der Waals surface area contributed by atoms with Crippen LogP contribution in [0.1, 0.15) is 24.3 Å². The number of morpholine rings is 1. The number of thiophene rings is 1. The van der Waals surface area contributed by atoms with Crippen LogP contribution in [0.4, 0.5) is 4.39 Å². The van der Waals surface area contributed by atoms with Crippen molar-refractivity contribution in [3.8, 4) is 0 Å². The molecule has 2 aromatic rings. The van der Waals surface area contributed by atoms with Crippen molar-refractivity contribution >= 4 is 21.4 Å². The minimum absolute atomic E-state index is 0.146. The first-order valence-corrected chi connectivity index (χ1v) is 8.16. The lowest BCUT2D eigenvalue weighted by atomic mass is 10.1. The Hall–Kier alpha value is -1.01. The fraction of sp³-hybridized carbons (Fsp3) is 0.500. The van der Waals surface area contributed by atoms with E-state index in [4.69, 9.17) is 10.5 Å². The maximum Gasteiger partial charge on any atom is 0.132 e. The third-order valence-electron chi connectivity index (χ3n) is 3.91. The van der Waals surface area contributed by atoms with E-state index in [-0.39, 0.29) is 18.0 Å². The zero-order chi connectivity index (χ0) is 15.0. The molecule has 3 nitrogen and oxygen atoms in total. The number of ether oxygens (including phenoxy) is 1. The van der Waals surface area contributed by atoms with Gasteiger partial charge in [-0.15, -0.1) is 11.3 Å². The quantitative estimate of drug-likeness (QED) is 0.947. The summed E-state index contributed by atoms with van der Waals surface area (Å²) in [7, 11) is 0. The van der Waals surface area contributed by atoms with Gasteiger partial charge >= 0.3 is 0 Å². The van der Waals surface area contributed by atoms with Crippen LogP contribution in [-0.2, 0) is 17.8 Å². The maximum atomic E-state index is 14.2. The molecule has 0 unspecified atom stereocenters. The Bertz CT molecular complexity index is 632. The van der Waals surface area contributed by atoms with E-state index in [1.165, 1.54) is 6.07 Å². The Labute approximate surface area is 128 Å². The number of hydrogen-bond donors (Lipinski definition) is 1. The van der Waals surface area contributed by atoms with E-state index in [0.29, 0.717) is 6.54 Å². The van der Waals surface area contributed by atoms with Crippen LogP contribution in [0.3, 0.4) is 0 Å². The van der Waals surface area contributed by atoms with E-state index in [1.807, 2.05) is 6.07 Å². The van der Waals surface area contributed by atoms with E-state index in [0.717, 1.165) is 40.2 Å². The van der Waals surface area contributed by atoms with Crippen LogP contribution in [0.15, 0.2) is 18.2 Å². The van der Waals surface area contributed by atoms with Crippen molar-refractivity contribution in [1.82, 2.24) is 4.90 Å². The van der Waals surface area contributed by atoms with Crippen molar-refractivity contribution in [2.45, 2.75) is 39.1 Å². The summed E-state index contributed by atoms with van der Waals surface area (Å²) in [5.41, 5.74) is 6.92. The minimum atomic E-state index is -0.146. The molecule has 1 fully saturated rings. The average Bonchev–Trinajstić information content (AvgIpc) is 2.77. The van der Waals surface area contributed by atoms with Crippen LogP contribution in [0, 0.1) is 5.82 Å². The molecule has 1 aromatic carbocycles. The summed E-state index contributed by atoms with van der Waals surface area (Å²) < 4.78 is 21.0. The third-order valence-corrected chi connectivity index (χ3v) is 5.13. The van der Waals surface area contributed by atoms with Gasteiger partial charge in [0.25, 0.3) is 0 Å². The summed E-state index contributed by atoms with van der Waals surface area (Å²) in [6.07, 6.45) is 0.426. The van der Waals surface area contributed by atoms with Gasteiger partial charge in [0.2, 0.25) is 0 Å². The largest absolute Gasteiger partial charge is 0.373 e. The molecule has 0 bridgehead atoms. The Kier molecular flexibility index (Phi) is 4.26. The normalized spacial score (nSPS) is 23.8. The zero-order valence-corrected chi connectivity index (χ0v) is 13.3. The van der Waals surface area contributed by atoms with Crippen molar-refractivity contribution in [2.75, 3.05) is 13.1 Å². The van der Waals surface area contributed by atoms with Gasteiger partial charge in [0.05, 0.1) is 12.2 Å². The number of nitrogens with zero attached hydrogens (tertiary/aromatic N) is 1. The van der Waals surface area contributed by atoms with Crippen molar-refractivity contribution in [3.05, 3.63) is 34.5 Å². The van der Waals surface area contributed by atoms with Crippen molar-refractivity contribution in [3.63, 3.8) is 0 Å². The highest BCUT2D eigenvalue weighted by Gasteiger charge is 2.24. The highest BCUT2D eigenvalue weighted by Crippen LogP contribution is 2.34. The molecule has 1 saturated heterocycles. The van der Waals surface area contributed by atoms with Crippen molar-refractivity contribution in [2.24, 2.45) is 5.73 Å². The van der Waals surface area contributed by atoms with Gasteiger partial charge in [0, 0.05) is 41.1 Å². The molecule has 1 aliphatic rings. The summed E-state index contributed by atoms with van der Waals surface area (Å²) in [5, 5.41) is 0.745. The van der Waals surface area contributed by atoms with Gasteiger partial charge in [-0.1, -0.05) is 6.07 Å². The second-order valence-corrected chi connectivity index (χ2v) is 6.91. The van der Waals surface area contributed by atoms with Crippen LogP contribution in [0.5, 0.6) is 0 Å². The number of hydrogen-bond acceptors (Lipinski definition) is 4. The fourth-order valence-electron chi connectivity index (χ4n) is 3.19. The van der Waals surface area contributed by atoms with E-state index in [2.05, 4.69) is 18.7 Å². The summed E-state index contributed by atoms with van der Waals surface area (Å²) in [4.78, 5) is 3.42. The molecule has 2 N–H and O–H groups in total. The van der Waals surface area contributed by atoms with Gasteiger partial charge < -0.3 is 10.5 Å². The highest BCUT2D eigenvalue weighted by molar-refractivity contribution is 7.19. The first kappa shape index (κ1) is 14.9. The molecule has 114 valence electrons. The SMILES string of the molecule is C[C@@H]1CN(Cc2c(CN)sc3cccc(F)c23)C[C@H](C)O1. The minimum Gasteiger partial charge on any atom is -0.373 e. The molecule has 1 aromatic heterocycles. The van der Waals surface area contributed by atoms with E-state index < -0.39 is 0 Å². The fourth-order valence-corrected chi connectivity index (χ4v) is 4.29. The smallest absolute Gasteiger partial charge is 0.132 e. The molecule has 0 saturated carbocycles. The molecule has 2 heterocycles. The Morgan fingerprint density at radius 3 is 2.71 bits per heavy atom. The molecule has 0 aliphatic carbocycles. The number of benzene rings is 1. The molecule has 0 amide bonds. The van der Waals surface area contributed by atoms with Crippen LogP contribution in [-0.4, -0.2) is 30.2 Å². The maximum absolute atomic E-state index is 14.2. The number of nitrogens with two attached hydrogens (primary N) is 1. The summed E-state index contributed by atoms with van der Waals surface area (Å²) in [6.45, 7) is 7.12. The highest BCUT2D eigenvalue weighted by atomic mass is 32.1. The first-order chi connectivity index (χ1) is 10.1. The second-order valence-electron chi connectivity index (χ2n) is 5.77. The zero-order valence-electron chi connectivity index (χ0n) is 12.4. The number of rotatable bonds is 3. The molecule has 21 heavy (non-hydrogen) atoms. The van der Waals surface area contributed by atoms with Crippen molar-refractivity contribution in [1.29, 1.82) is 0 Å². The summed E-state index contributed by atoms with van der Waals surface area (Å²) >= 11 is 1.61. The average molecular weight is 308 g/mol. The third kappa shape index (κ3) is 2.97. The van der Waals surface area contributed by atoms with Gasteiger partial charge in [-0.05, 0) is 31.5 Å². The predicted octanol–water partition coefficient (Wildman–Crippen LogP) is 3.11. The lowest BCUT2D eigenvalue weighted by molar-refractivity contribution is -0.0704. The van der Waals surface area contributed by atoms with Gasteiger partial charge in [-0.25, -0.2) is 4.39 Å². The summed E-state index contributed by atoms with van der Waals surface area (Å²) in [6, 6.07) is 5.26. The Balaban J connectivity index is 1.95. The molecule has 2 atom stereocenters. The van der Waals surface area contributed by atoms with E-state index in [1.54, 1.807) is 17.4 Å². The molecule has 0 radical (unpaired) electrons. The number of fused-ring (bicyclic) bond motifs is 1. The van der Waals surface area contributed by atoms with E-state index >= 15 is 0 Å². The first-order valence-electron chi connectivity index (χ1n) is 7.35. The standard InChI is InChI=1S/C16H21FN2OS/c1-10-7-19(8-11(2)20-10)9-12-15(6-18)21-14-5-3-4-13(17)16(12)14/h3-5,10-11H,6-9,18H2,1-2H3/t10-,11+. The Morgan fingerprint density at radius 2 is 2.05 bits per heavy atom. The number of halogens is 1. The van der Waals surface area contributed by atoms with Crippen LogP contribution in [0.2, 0.25) is 0 Å². The van der Waals surface area contributed by atoms with Crippen LogP contribution in [0.25, 0.3) is 10.1 Å². The van der Waals surface area contributed by atoms with Crippen molar-refractivity contribution < 1.29 is 9.13 Å². The molecular weight excluding hydrogens is 287 g/mol. The van der Waals surface area contributed by atoms with Crippen LogP contribution < -0.4 is 5.73 Å².